The number of hydrogen-bond donors (Lipinski definition) is 3. The van der Waals surface area contributed by atoms with Crippen LogP contribution in [0.5, 0.6) is 5.75 Å². The molecule has 4 aromatic rings. The van der Waals surface area contributed by atoms with Gasteiger partial charge in [-0.25, -0.2) is 4.68 Å². The highest BCUT2D eigenvalue weighted by Gasteiger charge is 2.36. The standard InChI is InChI=1S/C29H26N6O5/c1-17-7-9-20(10-8-17)32-28(36)24-16-30-34-26(19-5-4-6-22(15-19)35(38)39)25(18(2)31-27(24)34)29(37)33-21-11-13-23(40-3)14-12-21/h4-16,26,31H,1-3H3,(H,32,36)(H,33,37). The molecule has 0 saturated heterocycles. The molecule has 0 spiro atoms. The van der Waals surface area contributed by atoms with Gasteiger partial charge in [0.25, 0.3) is 17.5 Å². The van der Waals surface area contributed by atoms with Crippen molar-refractivity contribution in [3.05, 3.63) is 117 Å². The van der Waals surface area contributed by atoms with E-state index >= 15 is 0 Å². The number of nitro benzene ring substituents is 1. The summed E-state index contributed by atoms with van der Waals surface area (Å²) in [5.74, 6) is 0.173. The summed E-state index contributed by atoms with van der Waals surface area (Å²) >= 11 is 0. The highest BCUT2D eigenvalue weighted by molar-refractivity contribution is 6.09. The molecule has 5 rings (SSSR count). The van der Waals surface area contributed by atoms with E-state index in [2.05, 4.69) is 21.0 Å². The number of nitrogens with zero attached hydrogens (tertiary/aromatic N) is 3. The number of allylic oxidation sites excluding steroid dienone is 1. The van der Waals surface area contributed by atoms with Gasteiger partial charge in [0, 0.05) is 29.2 Å². The van der Waals surface area contributed by atoms with Crippen LogP contribution in [0.15, 0.2) is 90.3 Å². The molecule has 3 aromatic carbocycles. The number of hydrogen-bond acceptors (Lipinski definition) is 7. The lowest BCUT2D eigenvalue weighted by Gasteiger charge is -2.30. The van der Waals surface area contributed by atoms with E-state index in [4.69, 9.17) is 4.74 Å². The molecule has 0 aliphatic carbocycles. The second-order valence-electron chi connectivity index (χ2n) is 9.27. The molecule has 40 heavy (non-hydrogen) atoms. The molecule has 0 saturated carbocycles. The molecule has 1 aromatic heterocycles. The van der Waals surface area contributed by atoms with Crippen molar-refractivity contribution in [3.8, 4) is 5.75 Å². The smallest absolute Gasteiger partial charge is 0.269 e. The van der Waals surface area contributed by atoms with Crippen LogP contribution >= 0.6 is 0 Å². The van der Waals surface area contributed by atoms with Gasteiger partial charge in [0.15, 0.2) is 0 Å². The van der Waals surface area contributed by atoms with Crippen LogP contribution in [0.1, 0.15) is 34.5 Å². The molecule has 11 heteroatoms. The molecular weight excluding hydrogens is 512 g/mol. The number of nitro groups is 1. The number of anilines is 3. The predicted molar refractivity (Wildman–Crippen MR) is 151 cm³/mol. The molecule has 1 aliphatic rings. The molecule has 2 amide bonds. The first-order chi connectivity index (χ1) is 19.2. The lowest BCUT2D eigenvalue weighted by Crippen LogP contribution is -2.32. The SMILES string of the molecule is COc1ccc(NC(=O)C2=C(C)Nc3c(C(=O)Nc4ccc(C)cc4)cnn3C2c2cccc([N+](=O)[O-])c2)cc1. The molecule has 0 bridgehead atoms. The normalized spacial score (nSPS) is 14.1. The zero-order valence-corrected chi connectivity index (χ0v) is 22.0. The lowest BCUT2D eigenvalue weighted by atomic mass is 9.94. The van der Waals surface area contributed by atoms with Gasteiger partial charge in [-0.05, 0) is 55.8 Å². The maximum atomic E-state index is 13.7. The van der Waals surface area contributed by atoms with Crippen LogP contribution in [0, 0.1) is 17.0 Å². The van der Waals surface area contributed by atoms with Crippen molar-refractivity contribution >= 4 is 34.7 Å². The first kappa shape index (κ1) is 26.2. The van der Waals surface area contributed by atoms with E-state index in [0.717, 1.165) is 5.56 Å². The summed E-state index contributed by atoms with van der Waals surface area (Å²) in [7, 11) is 1.55. The largest absolute Gasteiger partial charge is 0.497 e. The minimum Gasteiger partial charge on any atom is -0.497 e. The number of aromatic nitrogens is 2. The fourth-order valence-electron chi connectivity index (χ4n) is 4.54. The Labute approximate surface area is 229 Å². The summed E-state index contributed by atoms with van der Waals surface area (Å²) in [6, 6.07) is 19.4. The highest BCUT2D eigenvalue weighted by Crippen LogP contribution is 2.39. The van der Waals surface area contributed by atoms with Crippen LogP contribution in [0.3, 0.4) is 0 Å². The molecule has 2 heterocycles. The Morgan fingerprint density at radius 1 is 0.975 bits per heavy atom. The average molecular weight is 539 g/mol. The summed E-state index contributed by atoms with van der Waals surface area (Å²) in [6.45, 7) is 3.67. The minimum atomic E-state index is -0.852. The third-order valence-corrected chi connectivity index (χ3v) is 6.57. The Balaban J connectivity index is 1.55. The van der Waals surface area contributed by atoms with Crippen molar-refractivity contribution in [1.29, 1.82) is 0 Å². The molecule has 0 radical (unpaired) electrons. The van der Waals surface area contributed by atoms with Crippen LogP contribution in [-0.4, -0.2) is 33.6 Å². The average Bonchev–Trinajstić information content (AvgIpc) is 3.37. The third kappa shape index (κ3) is 5.12. The molecule has 0 fully saturated rings. The van der Waals surface area contributed by atoms with Crippen molar-refractivity contribution in [3.63, 3.8) is 0 Å². The lowest BCUT2D eigenvalue weighted by molar-refractivity contribution is -0.384. The van der Waals surface area contributed by atoms with Gasteiger partial charge in [-0.3, -0.25) is 19.7 Å². The zero-order valence-electron chi connectivity index (χ0n) is 22.0. The van der Waals surface area contributed by atoms with Gasteiger partial charge in [-0.1, -0.05) is 29.8 Å². The van der Waals surface area contributed by atoms with Gasteiger partial charge in [-0.15, -0.1) is 0 Å². The Bertz CT molecular complexity index is 1640. The number of methoxy groups -OCH3 is 1. The van der Waals surface area contributed by atoms with E-state index in [9.17, 15) is 19.7 Å². The topological polar surface area (TPSA) is 140 Å². The number of carbonyl (C=O) groups is 2. The molecule has 1 aliphatic heterocycles. The van der Waals surface area contributed by atoms with E-state index in [1.54, 1.807) is 62.6 Å². The number of aryl methyl sites for hydroxylation is 1. The molecule has 11 nitrogen and oxygen atoms in total. The van der Waals surface area contributed by atoms with E-state index in [1.807, 2.05) is 19.1 Å². The molecule has 202 valence electrons. The summed E-state index contributed by atoms with van der Waals surface area (Å²) in [5.41, 5.74) is 3.56. The van der Waals surface area contributed by atoms with E-state index in [0.29, 0.717) is 34.2 Å². The monoisotopic (exact) mass is 538 g/mol. The first-order valence-corrected chi connectivity index (χ1v) is 12.4. The van der Waals surface area contributed by atoms with Crippen molar-refractivity contribution in [1.82, 2.24) is 9.78 Å². The van der Waals surface area contributed by atoms with Crippen molar-refractivity contribution in [2.75, 3.05) is 23.1 Å². The van der Waals surface area contributed by atoms with E-state index < -0.39 is 22.8 Å². The summed E-state index contributed by atoms with van der Waals surface area (Å²) in [5, 5.41) is 24.9. The number of ether oxygens (including phenoxy) is 1. The number of fused-ring (bicyclic) bond motifs is 1. The minimum absolute atomic E-state index is 0.130. The highest BCUT2D eigenvalue weighted by atomic mass is 16.6. The van der Waals surface area contributed by atoms with Crippen LogP contribution in [0.2, 0.25) is 0 Å². The van der Waals surface area contributed by atoms with Crippen LogP contribution in [0.25, 0.3) is 0 Å². The summed E-state index contributed by atoms with van der Waals surface area (Å²) < 4.78 is 6.68. The third-order valence-electron chi connectivity index (χ3n) is 6.57. The van der Waals surface area contributed by atoms with Gasteiger partial charge < -0.3 is 20.7 Å². The van der Waals surface area contributed by atoms with Crippen LogP contribution < -0.4 is 20.7 Å². The Morgan fingerprint density at radius 3 is 2.27 bits per heavy atom. The number of benzene rings is 3. The second kappa shape index (κ2) is 10.7. The fourth-order valence-corrected chi connectivity index (χ4v) is 4.54. The number of nitrogens with one attached hydrogen (secondary N) is 3. The maximum absolute atomic E-state index is 13.7. The Morgan fingerprint density at radius 2 is 1.62 bits per heavy atom. The molecular formula is C29H26N6O5. The quantitative estimate of drug-likeness (QED) is 0.215. The molecule has 3 N–H and O–H groups in total. The Hall–Kier alpha value is -5.45. The summed E-state index contributed by atoms with van der Waals surface area (Å²) in [4.78, 5) is 38.0. The van der Waals surface area contributed by atoms with Gasteiger partial charge >= 0.3 is 0 Å². The molecule has 1 unspecified atom stereocenters. The second-order valence-corrected chi connectivity index (χ2v) is 9.27. The number of carbonyl (C=O) groups excluding carboxylic acids is 2. The van der Waals surface area contributed by atoms with Crippen molar-refractivity contribution < 1.29 is 19.2 Å². The van der Waals surface area contributed by atoms with E-state index in [-0.39, 0.29) is 16.8 Å². The fraction of sp³-hybridized carbons (Fsp3) is 0.138. The van der Waals surface area contributed by atoms with Crippen molar-refractivity contribution in [2.24, 2.45) is 0 Å². The van der Waals surface area contributed by atoms with Gasteiger partial charge in [0.2, 0.25) is 0 Å². The predicted octanol–water partition coefficient (Wildman–Crippen LogP) is 5.29. The number of rotatable bonds is 7. The van der Waals surface area contributed by atoms with Gasteiger partial charge in [-0.2, -0.15) is 5.10 Å². The number of amides is 2. The van der Waals surface area contributed by atoms with Crippen LogP contribution in [-0.2, 0) is 4.79 Å². The van der Waals surface area contributed by atoms with Crippen molar-refractivity contribution in [2.45, 2.75) is 19.9 Å². The van der Waals surface area contributed by atoms with E-state index in [1.165, 1.54) is 23.0 Å². The molecule has 1 atom stereocenters. The maximum Gasteiger partial charge on any atom is 0.269 e. The summed E-state index contributed by atoms with van der Waals surface area (Å²) in [6.07, 6.45) is 1.41. The van der Waals surface area contributed by atoms with Gasteiger partial charge in [0.05, 0.1) is 23.8 Å². The number of non-ortho nitro benzene ring substituents is 1. The Kier molecular flexibility index (Phi) is 7.02. The van der Waals surface area contributed by atoms with Crippen LogP contribution in [0.4, 0.5) is 22.9 Å². The zero-order chi connectivity index (χ0) is 28.4. The first-order valence-electron chi connectivity index (χ1n) is 12.4. The van der Waals surface area contributed by atoms with Gasteiger partial charge in [0.1, 0.15) is 23.2 Å².